The van der Waals surface area contributed by atoms with Gasteiger partial charge in [0, 0.05) is 42.8 Å². The number of carbonyl (C=O) groups excluding carboxylic acids is 2. The lowest BCUT2D eigenvalue weighted by Crippen LogP contribution is -2.47. The number of esters is 1. The molecule has 1 saturated heterocycles. The second-order valence-electron chi connectivity index (χ2n) is 8.83. The van der Waals surface area contributed by atoms with Gasteiger partial charge < -0.3 is 9.64 Å². The van der Waals surface area contributed by atoms with E-state index in [1.54, 1.807) is 18.2 Å². The highest BCUT2D eigenvalue weighted by Crippen LogP contribution is 2.33. The number of nitrogens with zero attached hydrogens (tertiary/aromatic N) is 2. The molecule has 2 aliphatic heterocycles. The summed E-state index contributed by atoms with van der Waals surface area (Å²) in [5.41, 5.74) is 3.00. The molecule has 1 saturated carbocycles. The third-order valence-electron chi connectivity index (χ3n) is 7.15. The average Bonchev–Trinajstić information content (AvgIpc) is 3.20. The van der Waals surface area contributed by atoms with Gasteiger partial charge >= 0.3 is 5.97 Å². The molecule has 2 heterocycles. The summed E-state index contributed by atoms with van der Waals surface area (Å²) in [5, 5.41) is 0. The predicted octanol–water partition coefficient (Wildman–Crippen LogP) is 3.90. The topological polar surface area (TPSA) is 49.9 Å². The number of hydrogen-bond acceptors (Lipinski definition) is 4. The van der Waals surface area contributed by atoms with Gasteiger partial charge in [-0.05, 0) is 55.0 Å². The van der Waals surface area contributed by atoms with E-state index in [-0.39, 0.29) is 11.5 Å². The van der Waals surface area contributed by atoms with Crippen LogP contribution in [0.1, 0.15) is 52.0 Å². The van der Waals surface area contributed by atoms with Crippen LogP contribution in [-0.2, 0) is 11.2 Å². The number of hydrogen-bond donors (Lipinski definition) is 0. The zero-order valence-corrected chi connectivity index (χ0v) is 17.8. The smallest absolute Gasteiger partial charge is 0.337 e. The van der Waals surface area contributed by atoms with Crippen LogP contribution in [0.2, 0.25) is 0 Å². The molecular formula is C25H27FN2O3. The molecular weight excluding hydrogens is 395 g/mol. The van der Waals surface area contributed by atoms with Crippen LogP contribution in [-0.4, -0.2) is 60.5 Å². The molecule has 1 amide bonds. The average molecular weight is 423 g/mol. The number of ether oxygens (including phenoxy) is 1. The Morgan fingerprint density at radius 2 is 1.84 bits per heavy atom. The molecule has 0 N–H and O–H groups in total. The van der Waals surface area contributed by atoms with Crippen molar-refractivity contribution in [2.45, 2.75) is 44.2 Å². The van der Waals surface area contributed by atoms with Gasteiger partial charge in [-0.15, -0.1) is 0 Å². The molecule has 5 nitrogen and oxygen atoms in total. The Kier molecular flexibility index (Phi) is 5.26. The van der Waals surface area contributed by atoms with E-state index in [9.17, 15) is 14.0 Å². The highest BCUT2D eigenvalue weighted by Gasteiger charge is 2.37. The van der Waals surface area contributed by atoms with Crippen LogP contribution in [0.25, 0.3) is 11.1 Å². The van der Waals surface area contributed by atoms with Gasteiger partial charge in [-0.2, -0.15) is 0 Å². The fourth-order valence-electron chi connectivity index (χ4n) is 5.12. The lowest BCUT2D eigenvalue weighted by Gasteiger charge is -2.37. The van der Waals surface area contributed by atoms with Crippen LogP contribution in [0.3, 0.4) is 0 Å². The van der Waals surface area contributed by atoms with Crippen LogP contribution in [0.15, 0.2) is 36.4 Å². The molecule has 162 valence electrons. The molecule has 31 heavy (non-hydrogen) atoms. The molecule has 0 bridgehead atoms. The van der Waals surface area contributed by atoms with Crippen molar-refractivity contribution in [3.8, 4) is 11.1 Å². The van der Waals surface area contributed by atoms with Crippen LogP contribution in [0.5, 0.6) is 0 Å². The minimum absolute atomic E-state index is 0.0924. The third kappa shape index (κ3) is 3.63. The van der Waals surface area contributed by atoms with Gasteiger partial charge in [0.2, 0.25) is 0 Å². The monoisotopic (exact) mass is 422 g/mol. The number of carbonyl (C=O) groups is 2. The molecule has 0 spiro atoms. The van der Waals surface area contributed by atoms with Crippen molar-refractivity contribution in [1.29, 1.82) is 0 Å². The first kappa shape index (κ1) is 20.2. The van der Waals surface area contributed by atoms with E-state index >= 15 is 0 Å². The number of methoxy groups -OCH3 is 1. The summed E-state index contributed by atoms with van der Waals surface area (Å²) < 4.78 is 19.3. The Bertz CT molecular complexity index is 1030. The number of halogens is 1. The van der Waals surface area contributed by atoms with Crippen molar-refractivity contribution >= 4 is 11.9 Å². The predicted molar refractivity (Wildman–Crippen MR) is 116 cm³/mol. The van der Waals surface area contributed by atoms with E-state index < -0.39 is 11.8 Å². The lowest BCUT2D eigenvalue weighted by atomic mass is 9.91. The number of rotatable bonds is 4. The van der Waals surface area contributed by atoms with Crippen molar-refractivity contribution in [2.24, 2.45) is 0 Å². The molecule has 1 unspecified atom stereocenters. The normalized spacial score (nSPS) is 21.7. The standard InChI is InChI=1S/C25H27FN2O3/c1-31-25(30)18-6-7-21(23(26)14-18)16-5-8-22-17(13-16)9-12-28(24(22)29)20-10-11-27(15-20)19-3-2-4-19/h5-8,13-14,19-20H,2-4,9-12,15H2,1H3. The van der Waals surface area contributed by atoms with Crippen LogP contribution in [0, 0.1) is 5.82 Å². The van der Waals surface area contributed by atoms with Crippen molar-refractivity contribution < 1.29 is 18.7 Å². The minimum atomic E-state index is -0.565. The number of amides is 1. The second kappa shape index (κ2) is 8.08. The Hall–Kier alpha value is -2.73. The summed E-state index contributed by atoms with van der Waals surface area (Å²) >= 11 is 0. The summed E-state index contributed by atoms with van der Waals surface area (Å²) in [7, 11) is 1.27. The SMILES string of the molecule is COC(=O)c1ccc(-c2ccc3c(c2)CCN(C2CCN(C4CCC4)C2)C3=O)c(F)c1. The molecule has 3 aliphatic rings. The van der Waals surface area contributed by atoms with Gasteiger partial charge in [-0.1, -0.05) is 24.6 Å². The number of benzene rings is 2. The number of fused-ring (bicyclic) bond motifs is 1. The zero-order chi connectivity index (χ0) is 21.5. The maximum absolute atomic E-state index is 14.7. The van der Waals surface area contributed by atoms with E-state index in [0.29, 0.717) is 23.7 Å². The highest BCUT2D eigenvalue weighted by atomic mass is 19.1. The van der Waals surface area contributed by atoms with Crippen molar-refractivity contribution in [1.82, 2.24) is 9.80 Å². The Balaban J connectivity index is 1.34. The Morgan fingerprint density at radius 1 is 1.03 bits per heavy atom. The first-order chi connectivity index (χ1) is 15.0. The molecule has 6 heteroatoms. The summed E-state index contributed by atoms with van der Waals surface area (Å²) in [4.78, 5) is 29.4. The van der Waals surface area contributed by atoms with Crippen LogP contribution < -0.4 is 0 Å². The van der Waals surface area contributed by atoms with E-state index in [0.717, 1.165) is 43.1 Å². The molecule has 0 aromatic heterocycles. The first-order valence-electron chi connectivity index (χ1n) is 11.1. The molecule has 0 radical (unpaired) electrons. The Morgan fingerprint density at radius 3 is 2.55 bits per heavy atom. The van der Waals surface area contributed by atoms with Crippen LogP contribution in [0.4, 0.5) is 4.39 Å². The van der Waals surface area contributed by atoms with Gasteiger partial charge in [0.25, 0.3) is 5.91 Å². The van der Waals surface area contributed by atoms with Gasteiger partial charge in [0.05, 0.1) is 12.7 Å². The van der Waals surface area contributed by atoms with E-state index in [4.69, 9.17) is 0 Å². The quantitative estimate of drug-likeness (QED) is 0.701. The Labute approximate surface area is 181 Å². The molecule has 1 aliphatic carbocycles. The summed E-state index contributed by atoms with van der Waals surface area (Å²) in [5.74, 6) is -0.951. The molecule has 2 fully saturated rings. The fraction of sp³-hybridized carbons (Fsp3) is 0.440. The highest BCUT2D eigenvalue weighted by molar-refractivity contribution is 5.97. The van der Waals surface area contributed by atoms with Gasteiger partial charge in [-0.3, -0.25) is 9.69 Å². The number of likely N-dealkylation sites (tertiary alicyclic amines) is 1. The van der Waals surface area contributed by atoms with Crippen molar-refractivity contribution in [3.05, 3.63) is 58.9 Å². The van der Waals surface area contributed by atoms with Gasteiger partial charge in [0.1, 0.15) is 5.82 Å². The van der Waals surface area contributed by atoms with Crippen LogP contribution >= 0.6 is 0 Å². The molecule has 5 rings (SSSR count). The van der Waals surface area contributed by atoms with E-state index in [1.807, 2.05) is 17.0 Å². The minimum Gasteiger partial charge on any atom is -0.465 e. The molecule has 2 aromatic rings. The maximum atomic E-state index is 14.7. The first-order valence-corrected chi connectivity index (χ1v) is 11.1. The summed E-state index contributed by atoms with van der Waals surface area (Å²) in [6.07, 6.45) is 5.74. The maximum Gasteiger partial charge on any atom is 0.337 e. The largest absolute Gasteiger partial charge is 0.465 e. The van der Waals surface area contributed by atoms with E-state index in [2.05, 4.69) is 9.64 Å². The van der Waals surface area contributed by atoms with Crippen molar-refractivity contribution in [3.63, 3.8) is 0 Å². The van der Waals surface area contributed by atoms with E-state index in [1.165, 1.54) is 32.4 Å². The second-order valence-corrected chi connectivity index (χ2v) is 8.83. The fourth-order valence-corrected chi connectivity index (χ4v) is 5.12. The zero-order valence-electron chi connectivity index (χ0n) is 17.8. The van der Waals surface area contributed by atoms with Gasteiger partial charge in [0.15, 0.2) is 0 Å². The van der Waals surface area contributed by atoms with Gasteiger partial charge in [-0.25, -0.2) is 9.18 Å². The molecule has 2 aromatic carbocycles. The van der Waals surface area contributed by atoms with Crippen molar-refractivity contribution in [2.75, 3.05) is 26.7 Å². The summed E-state index contributed by atoms with van der Waals surface area (Å²) in [6.45, 7) is 2.79. The third-order valence-corrected chi connectivity index (χ3v) is 7.15. The summed E-state index contributed by atoms with van der Waals surface area (Å²) in [6, 6.07) is 10.9. The lowest BCUT2D eigenvalue weighted by molar-refractivity contribution is 0.0599. The molecule has 1 atom stereocenters.